The molecule has 1 heterocycles. The topological polar surface area (TPSA) is 44.1 Å². The van der Waals surface area contributed by atoms with Crippen LogP contribution >= 0.6 is 0 Å². The Morgan fingerprint density at radius 1 is 1.53 bits per heavy atom. The minimum absolute atomic E-state index is 0.00859. The first-order valence-electron chi connectivity index (χ1n) is 5.33. The Labute approximate surface area is 89.9 Å². The summed E-state index contributed by atoms with van der Waals surface area (Å²) in [6.07, 6.45) is 0.685. The molecule has 0 aromatic carbocycles. The minimum atomic E-state index is -1.14. The lowest BCUT2D eigenvalue weighted by Crippen LogP contribution is -2.46. The van der Waals surface area contributed by atoms with Crippen molar-refractivity contribution in [2.75, 3.05) is 13.1 Å². The molecule has 0 unspecified atom stereocenters. The minimum Gasteiger partial charge on any atom is -0.342 e. The fourth-order valence-electron chi connectivity index (χ4n) is 1.88. The van der Waals surface area contributed by atoms with Gasteiger partial charge < -0.3 is 4.90 Å². The van der Waals surface area contributed by atoms with Crippen molar-refractivity contribution in [3.63, 3.8) is 0 Å². The predicted molar refractivity (Wildman–Crippen MR) is 54.7 cm³/mol. The molecule has 0 aliphatic carbocycles. The molecule has 1 fully saturated rings. The predicted octanol–water partition coefficient (Wildman–Crippen LogP) is 1.89. The normalized spacial score (nSPS) is 20.1. The fraction of sp³-hybridized carbons (Fsp3) is 0.818. The van der Waals surface area contributed by atoms with E-state index in [-0.39, 0.29) is 18.2 Å². The zero-order valence-electron chi connectivity index (χ0n) is 9.29. The van der Waals surface area contributed by atoms with Crippen LogP contribution in [0.5, 0.6) is 0 Å². The Bertz CT molecular complexity index is 275. The second kappa shape index (κ2) is 4.61. The Hall–Kier alpha value is -1.11. The van der Waals surface area contributed by atoms with E-state index in [1.54, 1.807) is 4.90 Å². The molecule has 0 saturated carbocycles. The zero-order valence-corrected chi connectivity index (χ0v) is 9.29. The number of hydrogen-bond acceptors (Lipinski definition) is 2. The van der Waals surface area contributed by atoms with Gasteiger partial charge in [0, 0.05) is 13.1 Å². The summed E-state index contributed by atoms with van der Waals surface area (Å²) >= 11 is 0. The van der Waals surface area contributed by atoms with Crippen LogP contribution < -0.4 is 0 Å². The molecule has 1 saturated heterocycles. The molecule has 1 rings (SSSR count). The molecule has 1 aliphatic rings. The maximum absolute atomic E-state index is 14.1. The van der Waals surface area contributed by atoms with E-state index >= 15 is 0 Å². The number of alkyl halides is 1. The number of nitriles is 1. The summed E-state index contributed by atoms with van der Waals surface area (Å²) < 4.78 is 14.1. The molecule has 0 spiro atoms. The number of hydrogen-bond donors (Lipinski definition) is 0. The summed E-state index contributed by atoms with van der Waals surface area (Å²) in [5, 5.41) is 8.39. The third-order valence-corrected chi connectivity index (χ3v) is 3.21. The number of likely N-dealkylation sites (tertiary alicyclic amines) is 1. The molecule has 1 aliphatic heterocycles. The highest BCUT2D eigenvalue weighted by Gasteiger charge is 2.38. The molecule has 0 N–H and O–H groups in total. The largest absolute Gasteiger partial charge is 0.342 e. The van der Waals surface area contributed by atoms with E-state index in [0.717, 1.165) is 0 Å². The SMILES string of the molecule is CC(C)C1(F)CCN(C(=O)CC#N)CC1. The standard InChI is InChI=1S/C11H17FN2O/c1-9(2)11(12)4-7-14(8-5-11)10(15)3-6-13/h9H,3-5,7-8H2,1-2H3. The van der Waals surface area contributed by atoms with Crippen LogP contribution in [0.15, 0.2) is 0 Å². The lowest BCUT2D eigenvalue weighted by atomic mass is 9.83. The van der Waals surface area contributed by atoms with Crippen molar-refractivity contribution in [3.8, 4) is 6.07 Å². The van der Waals surface area contributed by atoms with Crippen LogP contribution in [0.1, 0.15) is 33.1 Å². The molecule has 0 atom stereocenters. The highest BCUT2D eigenvalue weighted by Crippen LogP contribution is 2.33. The van der Waals surface area contributed by atoms with Crippen LogP contribution in [0.3, 0.4) is 0 Å². The Kier molecular flexibility index (Phi) is 3.67. The van der Waals surface area contributed by atoms with Gasteiger partial charge in [0.1, 0.15) is 12.1 Å². The van der Waals surface area contributed by atoms with Gasteiger partial charge in [0.25, 0.3) is 0 Å². The maximum atomic E-state index is 14.1. The molecule has 15 heavy (non-hydrogen) atoms. The summed E-state index contributed by atoms with van der Waals surface area (Å²) in [6.45, 7) is 4.61. The van der Waals surface area contributed by atoms with Crippen molar-refractivity contribution in [3.05, 3.63) is 0 Å². The first kappa shape index (κ1) is 12.0. The van der Waals surface area contributed by atoms with Crippen LogP contribution in [0.25, 0.3) is 0 Å². The van der Waals surface area contributed by atoms with Crippen molar-refractivity contribution < 1.29 is 9.18 Å². The van der Waals surface area contributed by atoms with Gasteiger partial charge in [-0.15, -0.1) is 0 Å². The molecule has 0 aromatic heterocycles. The van der Waals surface area contributed by atoms with E-state index in [1.807, 2.05) is 19.9 Å². The summed E-state index contributed by atoms with van der Waals surface area (Å²) in [5.74, 6) is -0.186. The van der Waals surface area contributed by atoms with E-state index < -0.39 is 5.67 Å². The van der Waals surface area contributed by atoms with Gasteiger partial charge in [-0.1, -0.05) is 13.8 Å². The van der Waals surface area contributed by atoms with Gasteiger partial charge in [-0.3, -0.25) is 4.79 Å². The van der Waals surface area contributed by atoms with E-state index in [4.69, 9.17) is 5.26 Å². The highest BCUT2D eigenvalue weighted by molar-refractivity contribution is 5.78. The molecule has 0 radical (unpaired) electrons. The first-order valence-corrected chi connectivity index (χ1v) is 5.33. The number of halogens is 1. The number of rotatable bonds is 2. The summed E-state index contributed by atoms with van der Waals surface area (Å²) in [6, 6.07) is 1.82. The number of carbonyl (C=O) groups is 1. The molecule has 84 valence electrons. The van der Waals surface area contributed by atoms with Crippen molar-refractivity contribution in [2.45, 2.75) is 38.8 Å². The summed E-state index contributed by atoms with van der Waals surface area (Å²) in [4.78, 5) is 12.9. The monoisotopic (exact) mass is 212 g/mol. The number of carbonyl (C=O) groups excluding carboxylic acids is 1. The van der Waals surface area contributed by atoms with E-state index in [2.05, 4.69) is 0 Å². The van der Waals surface area contributed by atoms with Crippen molar-refractivity contribution in [2.24, 2.45) is 5.92 Å². The van der Waals surface area contributed by atoms with Gasteiger partial charge in [-0.25, -0.2) is 4.39 Å². The van der Waals surface area contributed by atoms with Crippen LogP contribution in [0.4, 0.5) is 4.39 Å². The van der Waals surface area contributed by atoms with Crippen molar-refractivity contribution in [1.82, 2.24) is 4.90 Å². The maximum Gasteiger partial charge on any atom is 0.236 e. The van der Waals surface area contributed by atoms with Gasteiger partial charge in [-0.2, -0.15) is 5.26 Å². The van der Waals surface area contributed by atoms with E-state index in [0.29, 0.717) is 25.9 Å². The Morgan fingerprint density at radius 2 is 2.07 bits per heavy atom. The molecule has 1 amide bonds. The summed E-state index contributed by atoms with van der Waals surface area (Å²) in [5.41, 5.74) is -1.14. The second-order valence-corrected chi connectivity index (χ2v) is 4.40. The van der Waals surface area contributed by atoms with Gasteiger partial charge in [-0.05, 0) is 18.8 Å². The molecule has 0 bridgehead atoms. The molecule has 0 aromatic rings. The molecular weight excluding hydrogens is 195 g/mol. The summed E-state index contributed by atoms with van der Waals surface area (Å²) in [7, 11) is 0. The smallest absolute Gasteiger partial charge is 0.236 e. The average Bonchev–Trinajstić information content (AvgIpc) is 2.19. The highest BCUT2D eigenvalue weighted by atomic mass is 19.1. The number of nitrogens with zero attached hydrogens (tertiary/aromatic N) is 2. The third kappa shape index (κ3) is 2.68. The van der Waals surface area contributed by atoms with Crippen LogP contribution in [0, 0.1) is 17.2 Å². The van der Waals surface area contributed by atoms with Crippen molar-refractivity contribution in [1.29, 1.82) is 5.26 Å². The molecule has 4 heteroatoms. The van der Waals surface area contributed by atoms with Crippen LogP contribution in [0.2, 0.25) is 0 Å². The number of amides is 1. The van der Waals surface area contributed by atoms with Gasteiger partial charge in [0.15, 0.2) is 0 Å². The lowest BCUT2D eigenvalue weighted by Gasteiger charge is -2.38. The van der Waals surface area contributed by atoms with E-state index in [9.17, 15) is 9.18 Å². The zero-order chi connectivity index (χ0) is 11.5. The van der Waals surface area contributed by atoms with Crippen LogP contribution in [-0.2, 0) is 4.79 Å². The third-order valence-electron chi connectivity index (χ3n) is 3.21. The van der Waals surface area contributed by atoms with Gasteiger partial charge >= 0.3 is 0 Å². The van der Waals surface area contributed by atoms with Crippen molar-refractivity contribution >= 4 is 5.91 Å². The van der Waals surface area contributed by atoms with E-state index in [1.165, 1.54) is 0 Å². The van der Waals surface area contributed by atoms with Gasteiger partial charge in [0.05, 0.1) is 6.07 Å². The van der Waals surface area contributed by atoms with Crippen LogP contribution in [-0.4, -0.2) is 29.6 Å². The Morgan fingerprint density at radius 3 is 2.47 bits per heavy atom. The first-order chi connectivity index (χ1) is 6.99. The van der Waals surface area contributed by atoms with Gasteiger partial charge in [0.2, 0.25) is 5.91 Å². The second-order valence-electron chi connectivity index (χ2n) is 4.40. The quantitative estimate of drug-likeness (QED) is 0.701. The Balaban J connectivity index is 2.49. The molecule has 3 nitrogen and oxygen atoms in total. The lowest BCUT2D eigenvalue weighted by molar-refractivity contribution is -0.133. The molecular formula is C11H17FN2O. The fourth-order valence-corrected chi connectivity index (χ4v) is 1.88. The number of piperidine rings is 1. The average molecular weight is 212 g/mol.